The van der Waals surface area contributed by atoms with Crippen LogP contribution in [0.4, 0.5) is 5.69 Å². The molecule has 0 aliphatic rings. The topological polar surface area (TPSA) is 94.8 Å². The summed E-state index contributed by atoms with van der Waals surface area (Å²) in [5.41, 5.74) is 3.10. The standard InChI is InChI=1S/C25H25NO6S/c1-16-6-7-18(11-17(16)2)22(27)13-32-25(29)19-8-9-23(30-3)21(12-19)26-24(28)15-33-14-20-5-4-10-31-20/h4-12H,13-15H2,1-3H3,(H,26,28). The third-order valence-electron chi connectivity index (χ3n) is 4.93. The molecule has 0 radical (unpaired) electrons. The molecule has 0 bridgehead atoms. The maximum atomic E-state index is 12.5. The largest absolute Gasteiger partial charge is 0.495 e. The highest BCUT2D eigenvalue weighted by molar-refractivity contribution is 7.99. The number of ether oxygens (including phenoxy) is 2. The Bertz CT molecular complexity index is 1140. The fourth-order valence-electron chi connectivity index (χ4n) is 2.97. The molecule has 0 saturated heterocycles. The van der Waals surface area contributed by atoms with E-state index >= 15 is 0 Å². The summed E-state index contributed by atoms with van der Waals surface area (Å²) >= 11 is 1.40. The zero-order valence-electron chi connectivity index (χ0n) is 18.7. The lowest BCUT2D eigenvalue weighted by atomic mass is 10.0. The van der Waals surface area contributed by atoms with Gasteiger partial charge in [0.2, 0.25) is 5.91 Å². The van der Waals surface area contributed by atoms with Crippen LogP contribution in [0.3, 0.4) is 0 Å². The molecule has 0 fully saturated rings. The van der Waals surface area contributed by atoms with Crippen LogP contribution in [0.2, 0.25) is 0 Å². The number of nitrogens with one attached hydrogen (secondary N) is 1. The first-order chi connectivity index (χ1) is 15.9. The summed E-state index contributed by atoms with van der Waals surface area (Å²) in [5, 5.41) is 2.75. The quantitative estimate of drug-likeness (QED) is 0.337. The molecule has 2 aromatic carbocycles. The molecule has 1 N–H and O–H groups in total. The van der Waals surface area contributed by atoms with Gasteiger partial charge in [-0.25, -0.2) is 4.79 Å². The number of rotatable bonds is 10. The van der Waals surface area contributed by atoms with Gasteiger partial charge in [-0.1, -0.05) is 12.1 Å². The first-order valence-electron chi connectivity index (χ1n) is 10.2. The van der Waals surface area contributed by atoms with Gasteiger partial charge < -0.3 is 19.2 Å². The second-order valence-electron chi connectivity index (χ2n) is 7.33. The second kappa shape index (κ2) is 11.4. The Labute approximate surface area is 196 Å². The first-order valence-corrected chi connectivity index (χ1v) is 11.4. The van der Waals surface area contributed by atoms with E-state index in [2.05, 4.69) is 5.32 Å². The number of hydrogen-bond acceptors (Lipinski definition) is 7. The van der Waals surface area contributed by atoms with Crippen molar-refractivity contribution in [3.63, 3.8) is 0 Å². The zero-order chi connectivity index (χ0) is 23.8. The molecule has 0 atom stereocenters. The molecule has 3 rings (SSSR count). The van der Waals surface area contributed by atoms with Gasteiger partial charge in [-0.15, -0.1) is 11.8 Å². The summed E-state index contributed by atoms with van der Waals surface area (Å²) in [4.78, 5) is 37.2. The Balaban J connectivity index is 1.58. The van der Waals surface area contributed by atoms with Gasteiger partial charge in [0.05, 0.1) is 36.1 Å². The van der Waals surface area contributed by atoms with Crippen LogP contribution in [0.5, 0.6) is 5.75 Å². The molecular formula is C25H25NO6S. The number of hydrogen-bond donors (Lipinski definition) is 1. The lowest BCUT2D eigenvalue weighted by molar-refractivity contribution is -0.113. The van der Waals surface area contributed by atoms with Crippen molar-refractivity contribution in [2.45, 2.75) is 19.6 Å². The van der Waals surface area contributed by atoms with E-state index < -0.39 is 5.97 Å². The van der Waals surface area contributed by atoms with Crippen LogP contribution in [0, 0.1) is 13.8 Å². The number of anilines is 1. The van der Waals surface area contributed by atoms with Crippen molar-refractivity contribution in [3.05, 3.63) is 82.8 Å². The van der Waals surface area contributed by atoms with Gasteiger partial charge >= 0.3 is 5.97 Å². The summed E-state index contributed by atoms with van der Waals surface area (Å²) in [6.07, 6.45) is 1.58. The minimum atomic E-state index is -0.669. The lowest BCUT2D eigenvalue weighted by Gasteiger charge is -2.12. The van der Waals surface area contributed by atoms with Crippen LogP contribution < -0.4 is 10.1 Å². The van der Waals surface area contributed by atoms with Gasteiger partial charge in [-0.2, -0.15) is 0 Å². The van der Waals surface area contributed by atoms with Crippen molar-refractivity contribution < 1.29 is 28.3 Å². The van der Waals surface area contributed by atoms with Crippen molar-refractivity contribution in [2.75, 3.05) is 24.8 Å². The fraction of sp³-hybridized carbons (Fsp3) is 0.240. The van der Waals surface area contributed by atoms with E-state index in [1.54, 1.807) is 30.5 Å². The number of benzene rings is 2. The molecule has 7 nitrogen and oxygen atoms in total. The van der Waals surface area contributed by atoms with Crippen molar-refractivity contribution >= 4 is 35.1 Å². The average Bonchev–Trinajstić information content (AvgIpc) is 3.32. The summed E-state index contributed by atoms with van der Waals surface area (Å²) in [5.74, 6) is 0.744. The van der Waals surface area contributed by atoms with Gasteiger partial charge in [0.25, 0.3) is 0 Å². The maximum absolute atomic E-state index is 12.5. The van der Waals surface area contributed by atoms with Crippen LogP contribution in [-0.4, -0.2) is 37.1 Å². The van der Waals surface area contributed by atoms with Gasteiger partial charge in [0, 0.05) is 5.56 Å². The van der Waals surface area contributed by atoms with Crippen molar-refractivity contribution in [1.82, 2.24) is 0 Å². The number of methoxy groups -OCH3 is 1. The summed E-state index contributed by atoms with van der Waals surface area (Å²) in [7, 11) is 1.47. The number of ketones is 1. The Morgan fingerprint density at radius 3 is 2.48 bits per heavy atom. The maximum Gasteiger partial charge on any atom is 0.338 e. The van der Waals surface area contributed by atoms with Crippen LogP contribution in [0.25, 0.3) is 0 Å². The van der Waals surface area contributed by atoms with E-state index in [0.29, 0.717) is 22.8 Å². The van der Waals surface area contributed by atoms with Crippen molar-refractivity contribution in [2.24, 2.45) is 0 Å². The third kappa shape index (κ3) is 6.73. The molecule has 8 heteroatoms. The zero-order valence-corrected chi connectivity index (χ0v) is 19.5. The minimum Gasteiger partial charge on any atom is -0.495 e. The number of carbonyl (C=O) groups excluding carboxylic acids is 3. The minimum absolute atomic E-state index is 0.197. The molecule has 3 aromatic rings. The number of furan rings is 1. The molecule has 0 unspecified atom stereocenters. The third-order valence-corrected chi connectivity index (χ3v) is 5.89. The number of carbonyl (C=O) groups is 3. The lowest BCUT2D eigenvalue weighted by Crippen LogP contribution is -2.17. The highest BCUT2D eigenvalue weighted by atomic mass is 32.2. The number of amides is 1. The summed E-state index contributed by atoms with van der Waals surface area (Å²) < 4.78 is 15.7. The Kier molecular flexibility index (Phi) is 8.32. The molecule has 33 heavy (non-hydrogen) atoms. The fourth-order valence-corrected chi connectivity index (χ4v) is 3.70. The SMILES string of the molecule is COc1ccc(C(=O)OCC(=O)c2ccc(C)c(C)c2)cc1NC(=O)CSCc1ccco1. The molecule has 1 aromatic heterocycles. The Hall–Kier alpha value is -3.52. The van der Waals surface area contributed by atoms with E-state index in [0.717, 1.165) is 16.9 Å². The van der Waals surface area contributed by atoms with Gasteiger partial charge in [0.15, 0.2) is 12.4 Å². The number of thioether (sulfide) groups is 1. The second-order valence-corrected chi connectivity index (χ2v) is 8.32. The van der Waals surface area contributed by atoms with E-state index in [4.69, 9.17) is 13.9 Å². The van der Waals surface area contributed by atoms with Crippen LogP contribution in [0.1, 0.15) is 37.6 Å². The monoisotopic (exact) mass is 467 g/mol. The molecule has 0 spiro atoms. The molecule has 0 saturated carbocycles. The number of aryl methyl sites for hydroxylation is 2. The van der Waals surface area contributed by atoms with E-state index in [-0.39, 0.29) is 29.6 Å². The van der Waals surface area contributed by atoms with E-state index in [9.17, 15) is 14.4 Å². The molecule has 172 valence electrons. The summed E-state index contributed by atoms with van der Waals surface area (Å²) in [6, 6.07) is 13.5. The molecular weight excluding hydrogens is 442 g/mol. The predicted octanol–water partition coefficient (Wildman–Crippen LogP) is 4.82. The van der Waals surface area contributed by atoms with E-state index in [1.807, 2.05) is 26.0 Å². The Morgan fingerprint density at radius 2 is 1.79 bits per heavy atom. The van der Waals surface area contributed by atoms with Crippen molar-refractivity contribution in [1.29, 1.82) is 0 Å². The Morgan fingerprint density at radius 1 is 1.00 bits per heavy atom. The van der Waals surface area contributed by atoms with Gasteiger partial charge in [-0.3, -0.25) is 9.59 Å². The van der Waals surface area contributed by atoms with Gasteiger partial charge in [0.1, 0.15) is 11.5 Å². The van der Waals surface area contributed by atoms with Gasteiger partial charge in [-0.05, 0) is 61.4 Å². The molecule has 0 aliphatic carbocycles. The predicted molar refractivity (Wildman–Crippen MR) is 127 cm³/mol. The molecule has 0 aliphatic heterocycles. The number of Topliss-reactive ketones (excluding diaryl/α,β-unsaturated/α-hetero) is 1. The normalized spacial score (nSPS) is 10.5. The highest BCUT2D eigenvalue weighted by Crippen LogP contribution is 2.26. The van der Waals surface area contributed by atoms with Crippen LogP contribution in [-0.2, 0) is 15.3 Å². The summed E-state index contributed by atoms with van der Waals surface area (Å²) in [6.45, 7) is 3.50. The molecule has 1 amide bonds. The highest BCUT2D eigenvalue weighted by Gasteiger charge is 2.16. The van der Waals surface area contributed by atoms with Crippen LogP contribution in [0.15, 0.2) is 59.2 Å². The smallest absolute Gasteiger partial charge is 0.338 e. The molecule has 1 heterocycles. The number of esters is 1. The van der Waals surface area contributed by atoms with Crippen LogP contribution >= 0.6 is 11.8 Å². The first kappa shape index (κ1) is 24.1. The van der Waals surface area contributed by atoms with Crippen molar-refractivity contribution in [3.8, 4) is 5.75 Å². The average molecular weight is 468 g/mol. The van der Waals surface area contributed by atoms with E-state index in [1.165, 1.54) is 31.0 Å².